The van der Waals surface area contributed by atoms with Gasteiger partial charge in [0, 0.05) is 17.3 Å². The van der Waals surface area contributed by atoms with Crippen molar-refractivity contribution in [3.63, 3.8) is 0 Å². The number of aromatic nitrogens is 2. The molecule has 32 heavy (non-hydrogen) atoms. The fraction of sp³-hybridized carbons (Fsp3) is 0.379. The van der Waals surface area contributed by atoms with E-state index < -0.39 is 0 Å². The third kappa shape index (κ3) is 3.09. The minimum Gasteiger partial charge on any atom is -0.310 e. The van der Waals surface area contributed by atoms with Crippen LogP contribution in [0.15, 0.2) is 72.8 Å². The van der Waals surface area contributed by atoms with Gasteiger partial charge in [-0.3, -0.25) is 0 Å². The Hall–Kier alpha value is -2.94. The maximum Gasteiger partial charge on any atom is 0.134 e. The molecule has 2 aromatic heterocycles. The highest BCUT2D eigenvalue weighted by molar-refractivity contribution is 5.83. The summed E-state index contributed by atoms with van der Waals surface area (Å²) in [4.78, 5) is 12.7. The topological polar surface area (TPSA) is 29.0 Å². The molecule has 4 saturated carbocycles. The summed E-state index contributed by atoms with van der Waals surface area (Å²) in [5, 5.41) is 2.38. The predicted molar refractivity (Wildman–Crippen MR) is 131 cm³/mol. The summed E-state index contributed by atoms with van der Waals surface area (Å²) in [7, 11) is 0. The lowest BCUT2D eigenvalue weighted by molar-refractivity contribution is -0.0467. The average Bonchev–Trinajstić information content (AvgIpc) is 2.81. The highest BCUT2D eigenvalue weighted by Crippen LogP contribution is 2.60. The molecular weight excluding hydrogens is 390 g/mol. The zero-order valence-electron chi connectivity index (χ0n) is 18.5. The van der Waals surface area contributed by atoms with Crippen LogP contribution in [-0.4, -0.2) is 16.5 Å². The normalized spacial score (nSPS) is 28.4. The van der Waals surface area contributed by atoms with Gasteiger partial charge in [0.15, 0.2) is 0 Å². The summed E-state index contributed by atoms with van der Waals surface area (Å²) in [6.07, 6.45) is 8.58. The van der Waals surface area contributed by atoms with Crippen molar-refractivity contribution in [2.24, 2.45) is 23.2 Å². The van der Waals surface area contributed by atoms with Crippen LogP contribution in [0.5, 0.6) is 0 Å². The molecule has 160 valence electrons. The van der Waals surface area contributed by atoms with Crippen LogP contribution in [0.1, 0.15) is 38.5 Å². The molecule has 4 bridgehead atoms. The molecule has 2 aromatic carbocycles. The van der Waals surface area contributed by atoms with Gasteiger partial charge in [0.1, 0.15) is 11.6 Å². The first kappa shape index (κ1) is 18.6. The third-order valence-electron chi connectivity index (χ3n) is 8.38. The molecule has 4 aliphatic rings. The number of fused-ring (bicyclic) bond motifs is 2. The molecule has 0 amide bonds. The molecule has 0 radical (unpaired) electrons. The van der Waals surface area contributed by atoms with Gasteiger partial charge in [-0.1, -0.05) is 36.4 Å². The van der Waals surface area contributed by atoms with E-state index in [0.29, 0.717) is 5.41 Å². The zero-order chi connectivity index (χ0) is 21.1. The summed E-state index contributed by atoms with van der Waals surface area (Å²) in [5.41, 5.74) is 2.53. The number of para-hydroxylation sites is 2. The number of pyridine rings is 2. The SMILES string of the molecule is c1ccc2nc(N(CC34CC5CC(CC(C5)C3)C4)c3ccc4ccccc4n3)ccc2c1. The second-order valence-corrected chi connectivity index (χ2v) is 10.7. The van der Waals surface area contributed by atoms with Gasteiger partial charge in [0.2, 0.25) is 0 Å². The Balaban J connectivity index is 1.34. The number of benzene rings is 2. The molecule has 0 saturated heterocycles. The number of nitrogens with zero attached hydrogens (tertiary/aromatic N) is 3. The predicted octanol–water partition coefficient (Wildman–Crippen LogP) is 7.14. The second-order valence-electron chi connectivity index (χ2n) is 10.7. The molecule has 0 atom stereocenters. The number of hydrogen-bond acceptors (Lipinski definition) is 3. The van der Waals surface area contributed by atoms with E-state index in [-0.39, 0.29) is 0 Å². The lowest BCUT2D eigenvalue weighted by Gasteiger charge is -2.57. The summed E-state index contributed by atoms with van der Waals surface area (Å²) >= 11 is 0. The van der Waals surface area contributed by atoms with E-state index >= 15 is 0 Å². The Labute approximate surface area is 189 Å². The van der Waals surface area contributed by atoms with Crippen molar-refractivity contribution in [1.82, 2.24) is 9.97 Å². The van der Waals surface area contributed by atoms with Gasteiger partial charge >= 0.3 is 0 Å². The van der Waals surface area contributed by atoms with E-state index in [4.69, 9.17) is 9.97 Å². The standard InChI is InChI=1S/C29H29N3/c1-3-7-25-23(5-1)9-11-27(30-25)32(28-12-10-24-6-2-4-8-26(24)31-28)19-29-16-20-13-21(17-29)15-22(14-20)18-29/h1-12,20-22H,13-19H2. The molecule has 4 aliphatic carbocycles. The van der Waals surface area contributed by atoms with Gasteiger partial charge in [-0.05, 0) is 98.1 Å². The van der Waals surface area contributed by atoms with E-state index in [2.05, 4.69) is 77.7 Å². The molecule has 0 spiro atoms. The summed E-state index contributed by atoms with van der Waals surface area (Å²) in [5.74, 6) is 4.89. The highest BCUT2D eigenvalue weighted by Gasteiger charge is 2.51. The van der Waals surface area contributed by atoms with Gasteiger partial charge in [-0.15, -0.1) is 0 Å². The van der Waals surface area contributed by atoms with E-state index in [1.54, 1.807) is 0 Å². The quantitative estimate of drug-likeness (QED) is 0.352. The van der Waals surface area contributed by atoms with E-state index in [1.165, 1.54) is 49.3 Å². The Kier molecular flexibility index (Phi) is 4.09. The van der Waals surface area contributed by atoms with E-state index in [9.17, 15) is 0 Å². The van der Waals surface area contributed by atoms with Crippen molar-refractivity contribution >= 4 is 33.4 Å². The Morgan fingerprint density at radius 3 is 1.59 bits per heavy atom. The van der Waals surface area contributed by atoms with E-state index in [1.807, 2.05) is 0 Å². The summed E-state index contributed by atoms with van der Waals surface area (Å²) < 4.78 is 0. The summed E-state index contributed by atoms with van der Waals surface area (Å²) in [6, 6.07) is 25.7. The van der Waals surface area contributed by atoms with Crippen LogP contribution in [0, 0.1) is 23.2 Å². The minimum absolute atomic E-state index is 0.412. The van der Waals surface area contributed by atoms with Crippen molar-refractivity contribution in [1.29, 1.82) is 0 Å². The van der Waals surface area contributed by atoms with Crippen LogP contribution in [0.25, 0.3) is 21.8 Å². The molecule has 0 unspecified atom stereocenters. The van der Waals surface area contributed by atoms with Crippen molar-refractivity contribution in [3.05, 3.63) is 72.8 Å². The van der Waals surface area contributed by atoms with Gasteiger partial charge in [0.25, 0.3) is 0 Å². The van der Waals surface area contributed by atoms with Gasteiger partial charge < -0.3 is 4.90 Å². The molecule has 3 nitrogen and oxygen atoms in total. The van der Waals surface area contributed by atoms with Crippen LogP contribution in [-0.2, 0) is 0 Å². The minimum atomic E-state index is 0.412. The second kappa shape index (κ2) is 7.03. The van der Waals surface area contributed by atoms with Crippen LogP contribution < -0.4 is 4.90 Å². The average molecular weight is 420 g/mol. The van der Waals surface area contributed by atoms with Crippen molar-refractivity contribution in [2.75, 3.05) is 11.4 Å². The van der Waals surface area contributed by atoms with Crippen molar-refractivity contribution in [2.45, 2.75) is 38.5 Å². The largest absolute Gasteiger partial charge is 0.310 e. The fourth-order valence-corrected chi connectivity index (χ4v) is 7.51. The maximum atomic E-state index is 5.12. The van der Waals surface area contributed by atoms with Gasteiger partial charge in [0.05, 0.1) is 11.0 Å². The Morgan fingerprint density at radius 2 is 1.09 bits per heavy atom. The van der Waals surface area contributed by atoms with Crippen molar-refractivity contribution < 1.29 is 0 Å². The smallest absolute Gasteiger partial charge is 0.134 e. The first-order valence-corrected chi connectivity index (χ1v) is 12.2. The highest BCUT2D eigenvalue weighted by atomic mass is 15.2. The van der Waals surface area contributed by atoms with Crippen LogP contribution in [0.2, 0.25) is 0 Å². The summed E-state index contributed by atoms with van der Waals surface area (Å²) in [6.45, 7) is 1.03. The van der Waals surface area contributed by atoms with Gasteiger partial charge in [-0.2, -0.15) is 0 Å². The first-order chi connectivity index (χ1) is 15.7. The zero-order valence-corrected chi connectivity index (χ0v) is 18.5. The lowest BCUT2D eigenvalue weighted by Crippen LogP contribution is -2.50. The van der Waals surface area contributed by atoms with Crippen molar-refractivity contribution in [3.8, 4) is 0 Å². The Morgan fingerprint density at radius 1 is 0.625 bits per heavy atom. The first-order valence-electron chi connectivity index (χ1n) is 12.2. The number of anilines is 2. The monoisotopic (exact) mass is 419 g/mol. The molecule has 2 heterocycles. The number of rotatable bonds is 4. The third-order valence-corrected chi connectivity index (χ3v) is 8.38. The molecule has 8 rings (SSSR count). The fourth-order valence-electron chi connectivity index (χ4n) is 7.51. The molecular formula is C29H29N3. The van der Waals surface area contributed by atoms with Gasteiger partial charge in [-0.25, -0.2) is 9.97 Å². The molecule has 3 heteroatoms. The molecule has 0 aliphatic heterocycles. The van der Waals surface area contributed by atoms with Crippen LogP contribution in [0.3, 0.4) is 0 Å². The molecule has 0 N–H and O–H groups in total. The number of hydrogen-bond donors (Lipinski definition) is 0. The van der Waals surface area contributed by atoms with Crippen LogP contribution >= 0.6 is 0 Å². The molecule has 4 aromatic rings. The van der Waals surface area contributed by atoms with Crippen LogP contribution in [0.4, 0.5) is 11.6 Å². The lowest BCUT2D eigenvalue weighted by atomic mass is 9.49. The molecule has 4 fully saturated rings. The Bertz CT molecular complexity index is 1200. The van der Waals surface area contributed by atoms with E-state index in [0.717, 1.165) is 47.0 Å². The maximum absolute atomic E-state index is 5.12.